The summed E-state index contributed by atoms with van der Waals surface area (Å²) < 4.78 is 4.94. The van der Waals surface area contributed by atoms with Crippen molar-refractivity contribution in [3.63, 3.8) is 0 Å². The SMILES string of the molecule is CC(C)C(N)Cc1ccoc1. The van der Waals surface area contributed by atoms with Crippen molar-refractivity contribution in [1.82, 2.24) is 0 Å². The van der Waals surface area contributed by atoms with Crippen molar-refractivity contribution in [2.75, 3.05) is 0 Å². The van der Waals surface area contributed by atoms with Crippen molar-refractivity contribution in [2.24, 2.45) is 11.7 Å². The normalized spacial score (nSPS) is 13.8. The fourth-order valence-corrected chi connectivity index (χ4v) is 0.917. The highest BCUT2D eigenvalue weighted by Crippen LogP contribution is 2.08. The Kier molecular flexibility index (Phi) is 2.71. The highest BCUT2D eigenvalue weighted by Gasteiger charge is 2.08. The second kappa shape index (κ2) is 3.58. The van der Waals surface area contributed by atoms with Crippen molar-refractivity contribution >= 4 is 0 Å². The molecule has 62 valence electrons. The molecule has 1 atom stereocenters. The molecule has 0 aromatic carbocycles. The van der Waals surface area contributed by atoms with Gasteiger partial charge in [-0.05, 0) is 24.0 Å². The lowest BCUT2D eigenvalue weighted by Crippen LogP contribution is -2.28. The van der Waals surface area contributed by atoms with Crippen LogP contribution in [0.4, 0.5) is 0 Å². The van der Waals surface area contributed by atoms with Crippen LogP contribution in [0.25, 0.3) is 0 Å². The molecule has 2 nitrogen and oxygen atoms in total. The average molecular weight is 153 g/mol. The summed E-state index contributed by atoms with van der Waals surface area (Å²) in [6, 6.07) is 2.20. The molecule has 11 heavy (non-hydrogen) atoms. The van der Waals surface area contributed by atoms with E-state index in [4.69, 9.17) is 10.2 Å². The largest absolute Gasteiger partial charge is 0.472 e. The second-order valence-corrected chi connectivity index (χ2v) is 3.24. The fourth-order valence-electron chi connectivity index (χ4n) is 0.917. The van der Waals surface area contributed by atoms with E-state index in [0.29, 0.717) is 5.92 Å². The number of rotatable bonds is 3. The van der Waals surface area contributed by atoms with E-state index in [0.717, 1.165) is 6.42 Å². The Morgan fingerprint density at radius 3 is 2.73 bits per heavy atom. The van der Waals surface area contributed by atoms with Gasteiger partial charge in [-0.3, -0.25) is 0 Å². The molecule has 0 amide bonds. The van der Waals surface area contributed by atoms with E-state index < -0.39 is 0 Å². The molecule has 2 heteroatoms. The van der Waals surface area contributed by atoms with Crippen LogP contribution < -0.4 is 5.73 Å². The molecule has 2 N–H and O–H groups in total. The van der Waals surface area contributed by atoms with Gasteiger partial charge < -0.3 is 10.2 Å². The molecule has 0 saturated heterocycles. The van der Waals surface area contributed by atoms with Crippen molar-refractivity contribution in [3.8, 4) is 0 Å². The van der Waals surface area contributed by atoms with Crippen molar-refractivity contribution in [2.45, 2.75) is 26.3 Å². The molecule has 0 bridgehead atoms. The molecule has 1 heterocycles. The smallest absolute Gasteiger partial charge is 0.0935 e. The van der Waals surface area contributed by atoms with E-state index in [1.807, 2.05) is 6.07 Å². The topological polar surface area (TPSA) is 39.2 Å². The first-order chi connectivity index (χ1) is 5.20. The van der Waals surface area contributed by atoms with Gasteiger partial charge in [0, 0.05) is 6.04 Å². The minimum atomic E-state index is 0.243. The van der Waals surface area contributed by atoms with Crippen LogP contribution in [-0.2, 0) is 6.42 Å². The lowest BCUT2D eigenvalue weighted by atomic mass is 9.99. The van der Waals surface area contributed by atoms with Gasteiger partial charge in [0.15, 0.2) is 0 Å². The van der Waals surface area contributed by atoms with Crippen LogP contribution in [-0.4, -0.2) is 6.04 Å². The van der Waals surface area contributed by atoms with Gasteiger partial charge in [0.2, 0.25) is 0 Å². The zero-order valence-electron chi connectivity index (χ0n) is 7.08. The molecule has 0 radical (unpaired) electrons. The summed E-state index contributed by atoms with van der Waals surface area (Å²) in [5, 5.41) is 0. The number of hydrogen-bond acceptors (Lipinski definition) is 2. The van der Waals surface area contributed by atoms with Crippen LogP contribution in [0.2, 0.25) is 0 Å². The van der Waals surface area contributed by atoms with Crippen LogP contribution in [0.15, 0.2) is 23.0 Å². The van der Waals surface area contributed by atoms with Crippen molar-refractivity contribution in [3.05, 3.63) is 24.2 Å². The maximum absolute atomic E-state index is 5.87. The maximum atomic E-state index is 5.87. The molecular weight excluding hydrogens is 138 g/mol. The van der Waals surface area contributed by atoms with Gasteiger partial charge in [-0.1, -0.05) is 13.8 Å². The van der Waals surface area contributed by atoms with Crippen LogP contribution >= 0.6 is 0 Å². The van der Waals surface area contributed by atoms with Gasteiger partial charge in [0.1, 0.15) is 0 Å². The monoisotopic (exact) mass is 153 g/mol. The Hall–Kier alpha value is -0.760. The predicted molar refractivity (Wildman–Crippen MR) is 45.2 cm³/mol. The van der Waals surface area contributed by atoms with E-state index in [9.17, 15) is 0 Å². The molecule has 0 saturated carbocycles. The molecule has 1 rings (SSSR count). The maximum Gasteiger partial charge on any atom is 0.0935 e. The van der Waals surface area contributed by atoms with E-state index in [1.54, 1.807) is 12.5 Å². The summed E-state index contributed by atoms with van der Waals surface area (Å²) in [7, 11) is 0. The Bertz CT molecular complexity index is 191. The zero-order chi connectivity index (χ0) is 8.27. The zero-order valence-corrected chi connectivity index (χ0v) is 7.08. The molecule has 0 aliphatic rings. The van der Waals surface area contributed by atoms with Crippen LogP contribution in [0.1, 0.15) is 19.4 Å². The Morgan fingerprint density at radius 2 is 2.27 bits per heavy atom. The van der Waals surface area contributed by atoms with E-state index in [-0.39, 0.29) is 6.04 Å². The highest BCUT2D eigenvalue weighted by atomic mass is 16.3. The summed E-state index contributed by atoms with van der Waals surface area (Å²) in [6.45, 7) is 4.26. The lowest BCUT2D eigenvalue weighted by Gasteiger charge is -2.13. The first kappa shape index (κ1) is 8.34. The van der Waals surface area contributed by atoms with E-state index in [1.165, 1.54) is 5.56 Å². The quantitative estimate of drug-likeness (QED) is 0.719. The van der Waals surface area contributed by atoms with Crippen LogP contribution in [0.3, 0.4) is 0 Å². The number of furan rings is 1. The Morgan fingerprint density at radius 1 is 1.55 bits per heavy atom. The molecular formula is C9H15NO. The predicted octanol–water partition coefficient (Wildman–Crippen LogP) is 1.81. The van der Waals surface area contributed by atoms with E-state index >= 15 is 0 Å². The summed E-state index contributed by atoms with van der Waals surface area (Å²) in [5.41, 5.74) is 7.05. The minimum Gasteiger partial charge on any atom is -0.472 e. The van der Waals surface area contributed by atoms with Gasteiger partial charge in [0.05, 0.1) is 12.5 Å². The first-order valence-electron chi connectivity index (χ1n) is 3.97. The summed E-state index contributed by atoms with van der Waals surface area (Å²) >= 11 is 0. The van der Waals surface area contributed by atoms with Gasteiger partial charge in [-0.2, -0.15) is 0 Å². The standard InChI is InChI=1S/C9H15NO/c1-7(2)9(10)5-8-3-4-11-6-8/h3-4,6-7,9H,5,10H2,1-2H3. The molecule has 0 spiro atoms. The van der Waals surface area contributed by atoms with Crippen molar-refractivity contribution in [1.29, 1.82) is 0 Å². The van der Waals surface area contributed by atoms with Gasteiger partial charge in [-0.25, -0.2) is 0 Å². The molecule has 0 aliphatic heterocycles. The summed E-state index contributed by atoms with van der Waals surface area (Å²) in [5.74, 6) is 0.532. The molecule has 0 fully saturated rings. The number of nitrogens with two attached hydrogens (primary N) is 1. The van der Waals surface area contributed by atoms with Crippen LogP contribution in [0.5, 0.6) is 0 Å². The number of hydrogen-bond donors (Lipinski definition) is 1. The van der Waals surface area contributed by atoms with Gasteiger partial charge in [-0.15, -0.1) is 0 Å². The molecule has 1 aromatic heterocycles. The van der Waals surface area contributed by atoms with Gasteiger partial charge in [0.25, 0.3) is 0 Å². The summed E-state index contributed by atoms with van der Waals surface area (Å²) in [6.07, 6.45) is 4.35. The third-order valence-electron chi connectivity index (χ3n) is 1.91. The van der Waals surface area contributed by atoms with Gasteiger partial charge >= 0.3 is 0 Å². The third-order valence-corrected chi connectivity index (χ3v) is 1.91. The second-order valence-electron chi connectivity index (χ2n) is 3.24. The Labute approximate surface area is 67.4 Å². The van der Waals surface area contributed by atoms with Crippen LogP contribution in [0, 0.1) is 5.92 Å². The fraction of sp³-hybridized carbons (Fsp3) is 0.556. The average Bonchev–Trinajstić information content (AvgIpc) is 2.39. The molecule has 1 aromatic rings. The highest BCUT2D eigenvalue weighted by molar-refractivity contribution is 5.07. The third kappa shape index (κ3) is 2.39. The lowest BCUT2D eigenvalue weighted by molar-refractivity contribution is 0.486. The molecule has 1 unspecified atom stereocenters. The summed E-state index contributed by atoms with van der Waals surface area (Å²) in [4.78, 5) is 0. The molecule has 0 aliphatic carbocycles. The van der Waals surface area contributed by atoms with E-state index in [2.05, 4.69) is 13.8 Å². The first-order valence-corrected chi connectivity index (χ1v) is 3.97. The minimum absolute atomic E-state index is 0.243. The van der Waals surface area contributed by atoms with Crippen molar-refractivity contribution < 1.29 is 4.42 Å². The Balaban J connectivity index is 2.43.